The number of methoxy groups -OCH3 is 1. The van der Waals surface area contributed by atoms with Gasteiger partial charge in [-0.25, -0.2) is 8.42 Å². The SMILES string of the molecule is COc1ccc(CN(CC(F)(F)F)C(=O)c2cccc(S(=O)(=O)N3CCCCC3)c2)cc1. The molecule has 3 rings (SSSR count). The van der Waals surface area contributed by atoms with E-state index in [1.165, 1.54) is 29.6 Å². The summed E-state index contributed by atoms with van der Waals surface area (Å²) in [4.78, 5) is 13.6. The first-order valence-electron chi connectivity index (χ1n) is 10.2. The van der Waals surface area contributed by atoms with Gasteiger partial charge in [-0.3, -0.25) is 4.79 Å². The number of piperidine rings is 1. The van der Waals surface area contributed by atoms with Crippen molar-refractivity contribution in [1.82, 2.24) is 9.21 Å². The first-order chi connectivity index (χ1) is 15.1. The smallest absolute Gasteiger partial charge is 0.406 e. The maximum absolute atomic E-state index is 13.2. The molecule has 0 aromatic heterocycles. The lowest BCUT2D eigenvalue weighted by Gasteiger charge is -2.27. The van der Waals surface area contributed by atoms with Gasteiger partial charge in [0, 0.05) is 25.2 Å². The Morgan fingerprint density at radius 1 is 1.06 bits per heavy atom. The molecule has 6 nitrogen and oxygen atoms in total. The number of hydrogen-bond acceptors (Lipinski definition) is 4. The molecule has 0 aliphatic carbocycles. The zero-order valence-corrected chi connectivity index (χ0v) is 18.5. The molecular formula is C22H25F3N2O4S. The van der Waals surface area contributed by atoms with E-state index in [9.17, 15) is 26.4 Å². The average Bonchev–Trinajstić information content (AvgIpc) is 2.78. The summed E-state index contributed by atoms with van der Waals surface area (Å²) in [6.07, 6.45) is -2.17. The minimum Gasteiger partial charge on any atom is -0.497 e. The number of nitrogens with zero attached hydrogens (tertiary/aromatic N) is 2. The van der Waals surface area contributed by atoms with Crippen LogP contribution in [0.15, 0.2) is 53.4 Å². The molecule has 10 heteroatoms. The van der Waals surface area contributed by atoms with Crippen LogP contribution >= 0.6 is 0 Å². The molecule has 1 fully saturated rings. The Bertz CT molecular complexity index is 1030. The van der Waals surface area contributed by atoms with Gasteiger partial charge in [-0.15, -0.1) is 0 Å². The van der Waals surface area contributed by atoms with E-state index in [0.29, 0.717) is 29.3 Å². The summed E-state index contributed by atoms with van der Waals surface area (Å²) >= 11 is 0. The van der Waals surface area contributed by atoms with Crippen molar-refractivity contribution in [3.8, 4) is 5.75 Å². The van der Waals surface area contributed by atoms with Gasteiger partial charge in [-0.1, -0.05) is 24.6 Å². The minimum absolute atomic E-state index is 0.0957. The van der Waals surface area contributed by atoms with Crippen LogP contribution in [0, 0.1) is 0 Å². The summed E-state index contributed by atoms with van der Waals surface area (Å²) in [5.74, 6) is -0.355. The number of amides is 1. The van der Waals surface area contributed by atoms with Gasteiger partial charge >= 0.3 is 6.18 Å². The van der Waals surface area contributed by atoms with Crippen molar-refractivity contribution in [3.63, 3.8) is 0 Å². The van der Waals surface area contributed by atoms with Gasteiger partial charge in [0.05, 0.1) is 12.0 Å². The van der Waals surface area contributed by atoms with E-state index in [-0.39, 0.29) is 17.0 Å². The van der Waals surface area contributed by atoms with E-state index < -0.39 is 28.7 Å². The Morgan fingerprint density at radius 2 is 1.72 bits per heavy atom. The Labute approximate surface area is 185 Å². The number of carbonyl (C=O) groups excluding carboxylic acids is 1. The molecule has 1 aliphatic heterocycles. The molecular weight excluding hydrogens is 445 g/mol. The number of hydrogen-bond donors (Lipinski definition) is 0. The largest absolute Gasteiger partial charge is 0.497 e. The molecule has 0 N–H and O–H groups in total. The van der Waals surface area contributed by atoms with E-state index in [1.54, 1.807) is 24.3 Å². The third-order valence-electron chi connectivity index (χ3n) is 5.22. The third-order valence-corrected chi connectivity index (χ3v) is 7.12. The Morgan fingerprint density at radius 3 is 2.31 bits per heavy atom. The normalized spacial score (nSPS) is 15.4. The van der Waals surface area contributed by atoms with Gasteiger partial charge in [0.1, 0.15) is 12.3 Å². The van der Waals surface area contributed by atoms with Crippen LogP contribution in [0.5, 0.6) is 5.75 Å². The summed E-state index contributed by atoms with van der Waals surface area (Å²) in [6.45, 7) is -0.969. The molecule has 32 heavy (non-hydrogen) atoms. The molecule has 0 radical (unpaired) electrons. The topological polar surface area (TPSA) is 66.9 Å². The highest BCUT2D eigenvalue weighted by Gasteiger charge is 2.34. The number of carbonyl (C=O) groups is 1. The molecule has 2 aromatic carbocycles. The molecule has 174 valence electrons. The lowest BCUT2D eigenvalue weighted by molar-refractivity contribution is -0.141. The van der Waals surface area contributed by atoms with Gasteiger partial charge < -0.3 is 9.64 Å². The maximum atomic E-state index is 13.2. The third kappa shape index (κ3) is 6.01. The fourth-order valence-electron chi connectivity index (χ4n) is 3.59. The quantitative estimate of drug-likeness (QED) is 0.612. The standard InChI is InChI=1S/C22H25F3N2O4S/c1-31-19-10-8-17(9-11-19)15-26(16-22(23,24)25)21(28)18-6-5-7-20(14-18)32(29,30)27-12-3-2-4-13-27/h5-11,14H,2-4,12-13,15-16H2,1H3. The molecule has 1 heterocycles. The van der Waals surface area contributed by atoms with Crippen molar-refractivity contribution in [3.05, 3.63) is 59.7 Å². The number of ether oxygens (including phenoxy) is 1. The summed E-state index contributed by atoms with van der Waals surface area (Å²) < 4.78 is 71.8. The fourth-order valence-corrected chi connectivity index (χ4v) is 5.16. The molecule has 2 aromatic rings. The summed E-state index contributed by atoms with van der Waals surface area (Å²) in [7, 11) is -2.35. The molecule has 1 amide bonds. The van der Waals surface area contributed by atoms with Crippen LogP contribution in [0.3, 0.4) is 0 Å². The van der Waals surface area contributed by atoms with Crippen LogP contribution in [-0.2, 0) is 16.6 Å². The Balaban J connectivity index is 1.87. The number of alkyl halides is 3. The second-order valence-electron chi connectivity index (χ2n) is 7.62. The van der Waals surface area contributed by atoms with Crippen molar-refractivity contribution >= 4 is 15.9 Å². The molecule has 0 bridgehead atoms. The van der Waals surface area contributed by atoms with Crippen LogP contribution in [0.25, 0.3) is 0 Å². The van der Waals surface area contributed by atoms with Crippen molar-refractivity contribution < 1.29 is 31.1 Å². The van der Waals surface area contributed by atoms with E-state index in [2.05, 4.69) is 0 Å². The van der Waals surface area contributed by atoms with E-state index in [4.69, 9.17) is 4.74 Å². The van der Waals surface area contributed by atoms with Gasteiger partial charge in [0.15, 0.2) is 0 Å². The van der Waals surface area contributed by atoms with Gasteiger partial charge in [0.2, 0.25) is 10.0 Å². The first kappa shape index (κ1) is 24.1. The number of halogens is 3. The Hall–Kier alpha value is -2.59. The van der Waals surface area contributed by atoms with Crippen molar-refractivity contribution in [2.45, 2.75) is 36.9 Å². The second-order valence-corrected chi connectivity index (χ2v) is 9.55. The highest BCUT2D eigenvalue weighted by atomic mass is 32.2. The fraction of sp³-hybridized carbons (Fsp3) is 0.409. The summed E-state index contributed by atoms with van der Waals surface area (Å²) in [5, 5.41) is 0. The first-order valence-corrected chi connectivity index (χ1v) is 11.6. The molecule has 0 unspecified atom stereocenters. The maximum Gasteiger partial charge on any atom is 0.406 e. The van der Waals surface area contributed by atoms with E-state index >= 15 is 0 Å². The number of sulfonamides is 1. The van der Waals surface area contributed by atoms with Crippen LogP contribution in [-0.4, -0.2) is 56.5 Å². The monoisotopic (exact) mass is 470 g/mol. The predicted molar refractivity (Wildman–Crippen MR) is 113 cm³/mol. The van der Waals surface area contributed by atoms with Crippen LogP contribution in [0.1, 0.15) is 35.2 Å². The zero-order chi connectivity index (χ0) is 23.4. The molecule has 0 atom stereocenters. The number of benzene rings is 2. The molecule has 0 spiro atoms. The number of rotatable bonds is 7. The van der Waals surface area contributed by atoms with Crippen molar-refractivity contribution in [2.75, 3.05) is 26.7 Å². The molecule has 0 saturated carbocycles. The lowest BCUT2D eigenvalue weighted by atomic mass is 10.1. The minimum atomic E-state index is -4.61. The predicted octanol–water partition coefficient (Wildman–Crippen LogP) is 4.07. The van der Waals surface area contributed by atoms with E-state index in [1.807, 2.05) is 0 Å². The highest BCUT2D eigenvalue weighted by molar-refractivity contribution is 7.89. The average molecular weight is 471 g/mol. The Kier molecular flexibility index (Phi) is 7.45. The van der Waals surface area contributed by atoms with Crippen LogP contribution in [0.2, 0.25) is 0 Å². The summed E-state index contributed by atoms with van der Waals surface area (Å²) in [5.41, 5.74) is 0.376. The van der Waals surface area contributed by atoms with Gasteiger partial charge in [-0.05, 0) is 48.7 Å². The van der Waals surface area contributed by atoms with Crippen molar-refractivity contribution in [1.29, 1.82) is 0 Å². The van der Waals surface area contributed by atoms with Gasteiger partial charge in [0.25, 0.3) is 5.91 Å². The van der Waals surface area contributed by atoms with Crippen LogP contribution in [0.4, 0.5) is 13.2 Å². The van der Waals surface area contributed by atoms with Crippen LogP contribution < -0.4 is 4.74 Å². The lowest BCUT2D eigenvalue weighted by Crippen LogP contribution is -2.39. The second kappa shape index (κ2) is 9.91. The highest BCUT2D eigenvalue weighted by Crippen LogP contribution is 2.24. The summed E-state index contributed by atoms with van der Waals surface area (Å²) in [6, 6.07) is 11.6. The van der Waals surface area contributed by atoms with E-state index in [0.717, 1.165) is 25.3 Å². The zero-order valence-electron chi connectivity index (χ0n) is 17.6. The molecule has 1 aliphatic rings. The van der Waals surface area contributed by atoms with Gasteiger partial charge in [-0.2, -0.15) is 17.5 Å². The van der Waals surface area contributed by atoms with Crippen molar-refractivity contribution in [2.24, 2.45) is 0 Å². The molecule has 1 saturated heterocycles.